The number of fused-ring (bicyclic) bond motifs is 2. The molecule has 0 saturated carbocycles. The van der Waals surface area contributed by atoms with E-state index in [9.17, 15) is 0 Å². The van der Waals surface area contributed by atoms with Gasteiger partial charge in [-0.05, 0) is 180 Å². The van der Waals surface area contributed by atoms with E-state index >= 15 is 9.13 Å². The second kappa shape index (κ2) is 16.6. The van der Waals surface area contributed by atoms with Crippen LogP contribution in [0.15, 0.2) is 60.7 Å². The van der Waals surface area contributed by atoms with Crippen molar-refractivity contribution in [2.45, 2.75) is 69.2 Å². The zero-order valence-corrected chi connectivity index (χ0v) is 41.0. The van der Waals surface area contributed by atoms with Crippen LogP contribution in [0.4, 0.5) is 0 Å². The molecule has 0 radical (unpaired) electrons. The predicted octanol–water partition coefficient (Wildman–Crippen LogP) is 9.21. The van der Waals surface area contributed by atoms with Crippen LogP contribution in [-0.4, -0.2) is 42.0 Å². The summed E-state index contributed by atoms with van der Waals surface area (Å²) in [5.41, 5.74) is 9.15. The van der Waals surface area contributed by atoms with Crippen LogP contribution < -0.4 is 69.7 Å². The number of hydrogen-bond donors (Lipinski definition) is 0. The van der Waals surface area contributed by atoms with E-state index in [1.54, 1.807) is 28.4 Å². The minimum atomic E-state index is -3.90. The Balaban J connectivity index is 1.54. The molecule has 12 heteroatoms. The van der Waals surface area contributed by atoms with E-state index in [1.807, 2.05) is 130 Å². The lowest BCUT2D eigenvalue weighted by Crippen LogP contribution is -2.30. The van der Waals surface area contributed by atoms with Crippen LogP contribution >= 0.6 is 14.3 Å². The van der Waals surface area contributed by atoms with Crippen molar-refractivity contribution in [3.63, 3.8) is 0 Å². The molecule has 0 spiro atoms. The first-order chi connectivity index (χ1) is 30.4. The second-order valence-electron chi connectivity index (χ2n) is 17.0. The van der Waals surface area contributed by atoms with E-state index in [0.29, 0.717) is 71.5 Å². The lowest BCUT2D eigenvalue weighted by atomic mass is 9.98. The minimum Gasteiger partial charge on any atom is -0.496 e. The third-order valence-corrected chi connectivity index (χ3v) is 18.8. The monoisotopic (exact) mass is 902 g/mol. The molecular weight excluding hydrogens is 847 g/mol. The molecule has 0 N–H and O–H groups in total. The van der Waals surface area contributed by atoms with E-state index in [2.05, 4.69) is 0 Å². The lowest BCUT2D eigenvalue weighted by molar-refractivity contribution is 0.172. The van der Waals surface area contributed by atoms with Crippen LogP contribution in [0.5, 0.6) is 46.0 Å². The maximum Gasteiger partial charge on any atom is 0.231 e. The Morgan fingerprint density at radius 3 is 1.05 bits per heavy atom. The Hall–Kier alpha value is -5.82. The number of rotatable bonds is 11. The van der Waals surface area contributed by atoms with Crippen molar-refractivity contribution < 1.29 is 47.0 Å². The van der Waals surface area contributed by atoms with Crippen molar-refractivity contribution in [2.24, 2.45) is 0 Å². The quantitative estimate of drug-likeness (QED) is 0.117. The first-order valence-corrected chi connectivity index (χ1v) is 24.6. The van der Waals surface area contributed by atoms with Crippen LogP contribution in [0.1, 0.15) is 55.6 Å². The van der Waals surface area contributed by atoms with Gasteiger partial charge in [0.25, 0.3) is 0 Å². The van der Waals surface area contributed by atoms with Gasteiger partial charge >= 0.3 is 0 Å². The number of benzene rings is 6. The van der Waals surface area contributed by atoms with Gasteiger partial charge in [-0.3, -0.25) is 0 Å². The molecule has 6 aromatic carbocycles. The predicted molar refractivity (Wildman–Crippen MR) is 256 cm³/mol. The van der Waals surface area contributed by atoms with Gasteiger partial charge < -0.3 is 47.0 Å². The fourth-order valence-corrected chi connectivity index (χ4v) is 16.5. The lowest BCUT2D eigenvalue weighted by Gasteiger charge is -2.28. The molecule has 64 heavy (non-hydrogen) atoms. The Bertz CT molecular complexity index is 2800. The van der Waals surface area contributed by atoms with Crippen LogP contribution in [0.3, 0.4) is 0 Å². The summed E-state index contributed by atoms with van der Waals surface area (Å²) in [5, 5.41) is 3.47. The van der Waals surface area contributed by atoms with Crippen molar-refractivity contribution in [1.29, 1.82) is 0 Å². The summed E-state index contributed by atoms with van der Waals surface area (Å²) < 4.78 is 82.9. The highest BCUT2D eigenvalue weighted by Crippen LogP contribution is 2.58. The van der Waals surface area contributed by atoms with Crippen LogP contribution in [-0.2, 0) is 9.13 Å². The summed E-state index contributed by atoms with van der Waals surface area (Å²) in [5.74, 6) is 4.68. The molecule has 6 aromatic rings. The van der Waals surface area contributed by atoms with Gasteiger partial charge in [-0.1, -0.05) is 0 Å². The third-order valence-electron chi connectivity index (χ3n) is 12.7. The van der Waals surface area contributed by atoms with Crippen molar-refractivity contribution in [3.05, 3.63) is 116 Å². The summed E-state index contributed by atoms with van der Waals surface area (Å²) in [4.78, 5) is 0. The van der Waals surface area contributed by atoms with E-state index in [0.717, 1.165) is 73.1 Å². The summed E-state index contributed by atoms with van der Waals surface area (Å²) in [6.45, 7) is 19.4. The highest BCUT2D eigenvalue weighted by molar-refractivity contribution is 7.86. The molecule has 0 aromatic heterocycles. The number of methoxy groups -OCH3 is 4. The molecule has 0 bridgehead atoms. The van der Waals surface area contributed by atoms with E-state index in [4.69, 9.17) is 37.9 Å². The fraction of sp³-hybridized carbons (Fsp3) is 0.308. The molecule has 0 aliphatic carbocycles. The van der Waals surface area contributed by atoms with Gasteiger partial charge in [0.05, 0.1) is 28.4 Å². The molecule has 2 aliphatic rings. The summed E-state index contributed by atoms with van der Waals surface area (Å²) in [6.07, 6.45) is 0. The molecule has 0 fully saturated rings. The van der Waals surface area contributed by atoms with Gasteiger partial charge in [0.2, 0.25) is 13.6 Å². The van der Waals surface area contributed by atoms with Crippen molar-refractivity contribution in [3.8, 4) is 57.1 Å². The first kappa shape index (κ1) is 44.8. The van der Waals surface area contributed by atoms with Gasteiger partial charge in [-0.25, -0.2) is 0 Å². The zero-order valence-electron chi connectivity index (χ0n) is 39.2. The van der Waals surface area contributed by atoms with Crippen LogP contribution in [0.2, 0.25) is 0 Å². The van der Waals surface area contributed by atoms with Gasteiger partial charge in [0.1, 0.15) is 23.0 Å². The Labute approximate surface area is 376 Å². The average molecular weight is 903 g/mol. The molecule has 2 aliphatic heterocycles. The molecule has 8 rings (SSSR count). The molecule has 10 nitrogen and oxygen atoms in total. The molecule has 0 saturated heterocycles. The number of aryl methyl sites for hydroxylation is 9. The smallest absolute Gasteiger partial charge is 0.231 e. The fourth-order valence-electron chi connectivity index (χ4n) is 10.0. The van der Waals surface area contributed by atoms with E-state index in [1.165, 1.54) is 0 Å². The first-order valence-electron chi connectivity index (χ1n) is 21.2. The van der Waals surface area contributed by atoms with Gasteiger partial charge in [0.15, 0.2) is 37.3 Å². The topological polar surface area (TPSA) is 108 Å². The Kier molecular flexibility index (Phi) is 11.6. The molecule has 0 atom stereocenters. The highest BCUT2D eigenvalue weighted by Gasteiger charge is 2.43. The molecular formula is C52H56O10P2. The Morgan fingerprint density at radius 2 is 0.688 bits per heavy atom. The van der Waals surface area contributed by atoms with Gasteiger partial charge in [0, 0.05) is 48.5 Å². The standard InChI is InChI=1S/C52H56O10P2/c1-27-15-37(16-28(2)45(27)55-11)63(53,38-17-29(3)46(56-12)30(4)18-38)42-24-41(51-50(36(42)10)60-26-61-51)44-43(23-35(9)49-52(44)62-25-59-49)64(54,39-19-31(5)47(57-13)32(6)20-39)40-21-33(7)48(58-14)34(8)22-40/h15-24H,25-26H2,1-14H3. The van der Waals surface area contributed by atoms with E-state index in [-0.39, 0.29) is 13.6 Å². The molecule has 2 heterocycles. The van der Waals surface area contributed by atoms with Crippen LogP contribution in [0.25, 0.3) is 11.1 Å². The summed E-state index contributed by atoms with van der Waals surface area (Å²) >= 11 is 0. The minimum absolute atomic E-state index is 0.0516. The Morgan fingerprint density at radius 1 is 0.375 bits per heavy atom. The van der Waals surface area contributed by atoms with Crippen molar-refractivity contribution >= 4 is 46.1 Å². The van der Waals surface area contributed by atoms with Crippen LogP contribution in [0, 0.1) is 69.2 Å². The van der Waals surface area contributed by atoms with E-state index < -0.39 is 14.3 Å². The SMILES string of the molecule is COc1c(C)cc(P(=O)(c2cc(C)c(OC)c(C)c2)c2cc(-c3c(P(=O)(c4cc(C)c(OC)c(C)c4)c4cc(C)c(OC)c(C)c4)cc(C)c4c3OCO4)c3c(c2C)OCO3)cc1C. The normalized spacial score (nSPS) is 13.0. The largest absolute Gasteiger partial charge is 0.496 e. The maximum absolute atomic E-state index is 17.2. The van der Waals surface area contributed by atoms with Gasteiger partial charge in [-0.15, -0.1) is 0 Å². The van der Waals surface area contributed by atoms with Crippen molar-refractivity contribution in [2.75, 3.05) is 42.0 Å². The number of hydrogen-bond acceptors (Lipinski definition) is 10. The third kappa shape index (κ3) is 6.84. The zero-order chi connectivity index (χ0) is 46.2. The summed E-state index contributed by atoms with van der Waals surface area (Å²) in [6, 6.07) is 19.5. The molecule has 334 valence electrons. The molecule has 0 amide bonds. The second-order valence-corrected chi connectivity index (χ2v) is 22.4. The highest BCUT2D eigenvalue weighted by atomic mass is 31.2. The maximum atomic E-state index is 17.2. The van der Waals surface area contributed by atoms with Gasteiger partial charge in [-0.2, -0.15) is 0 Å². The summed E-state index contributed by atoms with van der Waals surface area (Å²) in [7, 11) is -1.15. The molecule has 0 unspecified atom stereocenters. The average Bonchev–Trinajstić information content (AvgIpc) is 3.95. The van der Waals surface area contributed by atoms with Crippen molar-refractivity contribution in [1.82, 2.24) is 0 Å². The number of ether oxygens (including phenoxy) is 8.